The number of likely N-dealkylation sites (N-methyl/N-ethyl adjacent to an activating group) is 1. The van der Waals surface area contributed by atoms with Crippen molar-refractivity contribution >= 4 is 15.7 Å². The minimum absolute atomic E-state index is 0.133. The molecule has 0 aliphatic carbocycles. The molecule has 0 spiro atoms. The number of rotatable bonds is 8. The molecule has 3 N–H and O–H groups in total. The summed E-state index contributed by atoms with van der Waals surface area (Å²) in [6.07, 6.45) is 0. The van der Waals surface area contributed by atoms with Gasteiger partial charge in [0.05, 0.1) is 10.6 Å². The lowest BCUT2D eigenvalue weighted by atomic mass is 10.3. The number of hydrogen-bond donors (Lipinski definition) is 2. The first-order chi connectivity index (χ1) is 9.44. The number of nitrogen functional groups attached to an aromatic ring is 1. The molecule has 0 bridgehead atoms. The van der Waals surface area contributed by atoms with Crippen molar-refractivity contribution in [3.63, 3.8) is 0 Å². The van der Waals surface area contributed by atoms with E-state index in [1.165, 1.54) is 19.2 Å². The van der Waals surface area contributed by atoms with Gasteiger partial charge in [0, 0.05) is 6.54 Å². The molecule has 0 amide bonds. The molecule has 6 nitrogen and oxygen atoms in total. The molecule has 1 aromatic carbocycles. The molecule has 0 saturated carbocycles. The summed E-state index contributed by atoms with van der Waals surface area (Å²) in [5.74, 6) is 0.507. The van der Waals surface area contributed by atoms with Gasteiger partial charge in [0.1, 0.15) is 12.4 Å². The van der Waals surface area contributed by atoms with Gasteiger partial charge >= 0.3 is 0 Å². The third-order valence-corrected chi connectivity index (χ3v) is 4.53. The minimum atomic E-state index is -3.47. The molecule has 0 aliphatic rings. The highest BCUT2D eigenvalue weighted by Crippen LogP contribution is 2.24. The lowest BCUT2D eigenvalue weighted by Crippen LogP contribution is -2.28. The topological polar surface area (TPSA) is 84.7 Å². The zero-order chi connectivity index (χ0) is 15.2. The predicted octanol–water partition coefficient (Wildman–Crippen LogP) is 0.898. The number of nitrogens with one attached hydrogen (secondary N) is 1. The van der Waals surface area contributed by atoms with Crippen LogP contribution in [0.25, 0.3) is 0 Å². The fourth-order valence-electron chi connectivity index (χ4n) is 1.77. The predicted molar refractivity (Wildman–Crippen MR) is 80.4 cm³/mol. The first-order valence-corrected chi connectivity index (χ1v) is 8.11. The first kappa shape index (κ1) is 16.7. The highest BCUT2D eigenvalue weighted by molar-refractivity contribution is 7.89. The normalized spacial score (nSPS) is 11.8. The quantitative estimate of drug-likeness (QED) is 0.697. The third kappa shape index (κ3) is 4.36. The van der Waals surface area contributed by atoms with Crippen LogP contribution in [0.1, 0.15) is 13.8 Å². The van der Waals surface area contributed by atoms with E-state index in [9.17, 15) is 8.42 Å². The monoisotopic (exact) mass is 301 g/mol. The average Bonchev–Trinajstić information content (AvgIpc) is 2.45. The summed E-state index contributed by atoms with van der Waals surface area (Å²) >= 11 is 0. The maximum Gasteiger partial charge on any atom is 0.240 e. The van der Waals surface area contributed by atoms with Gasteiger partial charge in [0.2, 0.25) is 10.0 Å². The smallest absolute Gasteiger partial charge is 0.240 e. The van der Waals surface area contributed by atoms with Gasteiger partial charge in [-0.2, -0.15) is 0 Å². The van der Waals surface area contributed by atoms with Crippen LogP contribution in [0.5, 0.6) is 5.75 Å². The van der Waals surface area contributed by atoms with Crippen molar-refractivity contribution < 1.29 is 13.2 Å². The number of ether oxygens (including phenoxy) is 1. The highest BCUT2D eigenvalue weighted by atomic mass is 32.2. The Morgan fingerprint density at radius 1 is 1.30 bits per heavy atom. The van der Waals surface area contributed by atoms with E-state index in [4.69, 9.17) is 10.5 Å². The molecule has 1 aromatic rings. The van der Waals surface area contributed by atoms with Crippen LogP contribution in [-0.4, -0.2) is 46.6 Å². The van der Waals surface area contributed by atoms with Crippen LogP contribution in [0.2, 0.25) is 0 Å². The highest BCUT2D eigenvalue weighted by Gasteiger charge is 2.13. The van der Waals surface area contributed by atoms with E-state index < -0.39 is 10.0 Å². The molecule has 0 unspecified atom stereocenters. The van der Waals surface area contributed by atoms with Crippen LogP contribution in [-0.2, 0) is 10.0 Å². The van der Waals surface area contributed by atoms with Crippen molar-refractivity contribution in [2.45, 2.75) is 18.7 Å². The lowest BCUT2D eigenvalue weighted by Gasteiger charge is -2.18. The summed E-state index contributed by atoms with van der Waals surface area (Å²) < 4.78 is 31.1. The van der Waals surface area contributed by atoms with E-state index in [2.05, 4.69) is 23.5 Å². The molecule has 7 heteroatoms. The Balaban J connectivity index is 2.70. The summed E-state index contributed by atoms with van der Waals surface area (Å²) in [4.78, 5) is 2.37. The molecule has 114 valence electrons. The van der Waals surface area contributed by atoms with Crippen LogP contribution in [0, 0.1) is 0 Å². The van der Waals surface area contributed by atoms with Crippen LogP contribution < -0.4 is 15.2 Å². The fraction of sp³-hybridized carbons (Fsp3) is 0.538. The largest absolute Gasteiger partial charge is 0.490 e. The Hall–Kier alpha value is -1.31. The van der Waals surface area contributed by atoms with Crippen LogP contribution in [0.3, 0.4) is 0 Å². The number of nitrogens with zero attached hydrogens (tertiary/aromatic N) is 1. The first-order valence-electron chi connectivity index (χ1n) is 6.62. The lowest BCUT2D eigenvalue weighted by molar-refractivity contribution is 0.223. The molecule has 1 rings (SSSR count). The summed E-state index contributed by atoms with van der Waals surface area (Å²) in [5.41, 5.74) is 6.14. The van der Waals surface area contributed by atoms with Crippen LogP contribution in [0.4, 0.5) is 5.69 Å². The molecule has 0 aliphatic heterocycles. The molecular weight excluding hydrogens is 278 g/mol. The van der Waals surface area contributed by atoms with Gasteiger partial charge < -0.3 is 15.4 Å². The number of nitrogens with two attached hydrogens (primary N) is 1. The zero-order valence-electron chi connectivity index (χ0n) is 12.2. The second kappa shape index (κ2) is 7.47. The van der Waals surface area contributed by atoms with E-state index in [-0.39, 0.29) is 4.90 Å². The Kier molecular flexibility index (Phi) is 6.25. The van der Waals surface area contributed by atoms with Crippen LogP contribution in [0.15, 0.2) is 23.1 Å². The van der Waals surface area contributed by atoms with Gasteiger partial charge in [-0.3, -0.25) is 0 Å². The Bertz CT molecular complexity index is 528. The van der Waals surface area contributed by atoms with Crippen molar-refractivity contribution in [2.24, 2.45) is 0 Å². The van der Waals surface area contributed by atoms with E-state index in [0.717, 1.165) is 19.6 Å². The Labute approximate surface area is 121 Å². The van der Waals surface area contributed by atoms with Gasteiger partial charge in [-0.15, -0.1) is 0 Å². The SMILES string of the molecule is CCN(CC)CCOc1ccc(S(=O)(=O)NC)cc1N. The third-order valence-electron chi connectivity index (χ3n) is 3.12. The van der Waals surface area contributed by atoms with Gasteiger partial charge in [-0.05, 0) is 38.3 Å². The summed E-state index contributed by atoms with van der Waals surface area (Å²) in [6.45, 7) is 7.45. The summed E-state index contributed by atoms with van der Waals surface area (Å²) in [5, 5.41) is 0. The molecule has 0 saturated heterocycles. The zero-order valence-corrected chi connectivity index (χ0v) is 13.0. The molecule has 20 heavy (non-hydrogen) atoms. The molecule has 0 atom stereocenters. The van der Waals surface area contributed by atoms with Crippen LogP contribution >= 0.6 is 0 Å². The number of anilines is 1. The number of benzene rings is 1. The van der Waals surface area contributed by atoms with Gasteiger partial charge in [-0.25, -0.2) is 13.1 Å². The minimum Gasteiger partial charge on any atom is -0.490 e. The maximum absolute atomic E-state index is 11.6. The fourth-order valence-corrected chi connectivity index (χ4v) is 2.53. The Morgan fingerprint density at radius 3 is 2.45 bits per heavy atom. The maximum atomic E-state index is 11.6. The summed E-state index contributed by atoms with van der Waals surface area (Å²) in [6, 6.07) is 4.47. The van der Waals surface area contributed by atoms with Gasteiger partial charge in [0.15, 0.2) is 0 Å². The van der Waals surface area contributed by atoms with Crippen molar-refractivity contribution in [3.05, 3.63) is 18.2 Å². The number of hydrogen-bond acceptors (Lipinski definition) is 5. The van der Waals surface area contributed by atoms with Gasteiger partial charge in [0.25, 0.3) is 0 Å². The molecular formula is C13H23N3O3S. The number of sulfonamides is 1. The average molecular weight is 301 g/mol. The van der Waals surface area contributed by atoms with Gasteiger partial charge in [-0.1, -0.05) is 13.8 Å². The van der Waals surface area contributed by atoms with E-state index in [1.807, 2.05) is 0 Å². The van der Waals surface area contributed by atoms with Crippen molar-refractivity contribution in [1.29, 1.82) is 0 Å². The van der Waals surface area contributed by atoms with Crippen molar-refractivity contribution in [3.8, 4) is 5.75 Å². The standard InChI is InChI=1S/C13H23N3O3S/c1-4-16(5-2)8-9-19-13-7-6-11(10-12(13)14)20(17,18)15-3/h6-7,10,15H,4-5,8-9,14H2,1-3H3. The van der Waals surface area contributed by atoms with Crippen molar-refractivity contribution in [2.75, 3.05) is 39.0 Å². The molecule has 0 radical (unpaired) electrons. The van der Waals surface area contributed by atoms with E-state index >= 15 is 0 Å². The molecule has 0 aromatic heterocycles. The summed E-state index contributed by atoms with van der Waals surface area (Å²) in [7, 11) is -2.11. The van der Waals surface area contributed by atoms with E-state index in [0.29, 0.717) is 18.0 Å². The molecule has 0 fully saturated rings. The van der Waals surface area contributed by atoms with Crippen molar-refractivity contribution in [1.82, 2.24) is 9.62 Å². The second-order valence-corrected chi connectivity index (χ2v) is 6.17. The second-order valence-electron chi connectivity index (χ2n) is 4.28. The van der Waals surface area contributed by atoms with E-state index in [1.54, 1.807) is 6.07 Å². The molecule has 0 heterocycles. The Morgan fingerprint density at radius 2 is 1.95 bits per heavy atom.